The fourth-order valence-corrected chi connectivity index (χ4v) is 3.18. The van der Waals surface area contributed by atoms with Crippen molar-refractivity contribution in [2.24, 2.45) is 10.9 Å². The van der Waals surface area contributed by atoms with Crippen molar-refractivity contribution < 1.29 is 9.53 Å². The number of anilines is 2. The van der Waals surface area contributed by atoms with E-state index in [0.29, 0.717) is 12.2 Å². The number of carbonyl (C=O) groups is 1. The first-order valence-electron chi connectivity index (χ1n) is 8.64. The summed E-state index contributed by atoms with van der Waals surface area (Å²) in [6, 6.07) is 9.72. The van der Waals surface area contributed by atoms with Gasteiger partial charge in [-0.05, 0) is 38.0 Å². The lowest BCUT2D eigenvalue weighted by Crippen LogP contribution is -2.08. The number of nitrogens with zero attached hydrogens (tertiary/aromatic N) is 2. The van der Waals surface area contributed by atoms with Crippen LogP contribution in [-0.2, 0) is 17.6 Å². The second kappa shape index (κ2) is 6.31. The molecule has 0 bridgehead atoms. The number of aromatic nitrogens is 1. The number of carbonyl (C=O) groups excluding carboxylic acids is 1. The molecule has 1 fully saturated rings. The molecule has 1 aliphatic carbocycles. The van der Waals surface area contributed by atoms with Gasteiger partial charge in [-0.15, -0.1) is 0 Å². The van der Waals surface area contributed by atoms with E-state index in [-0.39, 0.29) is 5.92 Å². The van der Waals surface area contributed by atoms with E-state index >= 15 is 0 Å². The average molecular weight is 335 g/mol. The minimum Gasteiger partial charge on any atom is -0.495 e. The molecule has 0 saturated heterocycles. The standard InChI is InChI=1S/C20H21N3O2/c1-12-9-16-20(21-12)17(23-15-5-3-4-6-19(15)25-2)10-14(22-16)11-18(24)13-7-8-13/h3-6,10,13H,7-9,11H2,1-2H3,(H,22,23). The van der Waals surface area contributed by atoms with Crippen LogP contribution in [0.2, 0.25) is 0 Å². The molecule has 128 valence electrons. The van der Waals surface area contributed by atoms with Crippen LogP contribution in [0.25, 0.3) is 0 Å². The highest BCUT2D eigenvalue weighted by Gasteiger charge is 2.30. The third-order valence-corrected chi connectivity index (χ3v) is 4.61. The Balaban J connectivity index is 1.69. The number of rotatable bonds is 6. The maximum absolute atomic E-state index is 12.2. The second-order valence-corrected chi connectivity index (χ2v) is 6.72. The van der Waals surface area contributed by atoms with Gasteiger partial charge in [0.1, 0.15) is 17.2 Å². The van der Waals surface area contributed by atoms with Crippen molar-refractivity contribution in [1.82, 2.24) is 4.98 Å². The first-order chi connectivity index (χ1) is 12.1. The lowest BCUT2D eigenvalue weighted by atomic mass is 10.1. The molecule has 0 spiro atoms. The third kappa shape index (κ3) is 3.27. The Morgan fingerprint density at radius 3 is 2.84 bits per heavy atom. The molecule has 5 nitrogen and oxygen atoms in total. The van der Waals surface area contributed by atoms with E-state index in [1.165, 1.54) is 0 Å². The number of fused-ring (bicyclic) bond motifs is 1. The Hall–Kier alpha value is -2.69. The van der Waals surface area contributed by atoms with E-state index in [1.54, 1.807) is 7.11 Å². The number of methoxy groups -OCH3 is 1. The van der Waals surface area contributed by atoms with Crippen LogP contribution in [0, 0.1) is 5.92 Å². The predicted octanol–water partition coefficient (Wildman–Crippen LogP) is 4.00. The second-order valence-electron chi connectivity index (χ2n) is 6.72. The Kier molecular flexibility index (Phi) is 3.99. The van der Waals surface area contributed by atoms with Crippen LogP contribution in [-0.4, -0.2) is 23.6 Å². The summed E-state index contributed by atoms with van der Waals surface area (Å²) < 4.78 is 5.42. The van der Waals surface area contributed by atoms with Crippen molar-refractivity contribution in [3.63, 3.8) is 0 Å². The van der Waals surface area contributed by atoms with Gasteiger partial charge in [-0.2, -0.15) is 0 Å². The molecule has 0 unspecified atom stereocenters. The number of ketones is 1. The molecule has 4 rings (SSSR count). The summed E-state index contributed by atoms with van der Waals surface area (Å²) in [5.74, 6) is 1.31. The van der Waals surface area contributed by atoms with Crippen LogP contribution >= 0.6 is 0 Å². The van der Waals surface area contributed by atoms with Crippen LogP contribution in [0.5, 0.6) is 5.75 Å². The van der Waals surface area contributed by atoms with Gasteiger partial charge < -0.3 is 10.1 Å². The lowest BCUT2D eigenvalue weighted by molar-refractivity contribution is -0.119. The van der Waals surface area contributed by atoms with E-state index in [9.17, 15) is 4.79 Å². The minimum absolute atomic E-state index is 0.249. The molecule has 0 amide bonds. The van der Waals surface area contributed by atoms with Gasteiger partial charge >= 0.3 is 0 Å². The Labute approximate surface area is 147 Å². The van der Waals surface area contributed by atoms with Gasteiger partial charge in [-0.25, -0.2) is 0 Å². The third-order valence-electron chi connectivity index (χ3n) is 4.61. The smallest absolute Gasteiger partial charge is 0.142 e. The summed E-state index contributed by atoms with van der Waals surface area (Å²) >= 11 is 0. The van der Waals surface area contributed by atoms with Crippen LogP contribution in [0.3, 0.4) is 0 Å². The van der Waals surface area contributed by atoms with E-state index in [2.05, 4.69) is 10.3 Å². The van der Waals surface area contributed by atoms with Gasteiger partial charge in [0.2, 0.25) is 0 Å². The largest absolute Gasteiger partial charge is 0.495 e. The van der Waals surface area contributed by atoms with Gasteiger partial charge in [-0.1, -0.05) is 12.1 Å². The van der Waals surface area contributed by atoms with Crippen molar-refractivity contribution in [3.8, 4) is 5.75 Å². The molecule has 1 aromatic carbocycles. The number of benzene rings is 1. The summed E-state index contributed by atoms with van der Waals surface area (Å²) in [7, 11) is 1.65. The number of ether oxygens (including phenoxy) is 1. The van der Waals surface area contributed by atoms with E-state index in [4.69, 9.17) is 9.72 Å². The highest BCUT2D eigenvalue weighted by molar-refractivity contribution is 5.95. The number of hydrogen-bond donors (Lipinski definition) is 1. The summed E-state index contributed by atoms with van der Waals surface area (Å²) in [5, 5.41) is 3.42. The number of pyridine rings is 1. The van der Waals surface area contributed by atoms with Gasteiger partial charge in [-0.3, -0.25) is 14.8 Å². The number of Topliss-reactive ketones (excluding diaryl/α,β-unsaturated/α-hetero) is 1. The maximum atomic E-state index is 12.2. The highest BCUT2D eigenvalue weighted by atomic mass is 16.5. The van der Waals surface area contributed by atoms with Crippen molar-refractivity contribution in [2.45, 2.75) is 32.6 Å². The molecule has 0 radical (unpaired) electrons. The van der Waals surface area contributed by atoms with Crippen LogP contribution in [0.1, 0.15) is 31.2 Å². The first-order valence-corrected chi connectivity index (χ1v) is 8.64. The topological polar surface area (TPSA) is 63.6 Å². The van der Waals surface area contributed by atoms with Gasteiger partial charge in [0.05, 0.1) is 29.9 Å². The van der Waals surface area contributed by atoms with Crippen molar-refractivity contribution in [3.05, 3.63) is 41.7 Å². The van der Waals surface area contributed by atoms with E-state index in [0.717, 1.165) is 59.2 Å². The van der Waals surface area contributed by atoms with E-state index in [1.807, 2.05) is 37.3 Å². The van der Waals surface area contributed by atoms with Crippen LogP contribution in [0.4, 0.5) is 17.1 Å². The summed E-state index contributed by atoms with van der Waals surface area (Å²) in [5.41, 5.74) is 5.42. The Bertz CT molecular complexity index is 869. The highest BCUT2D eigenvalue weighted by Crippen LogP contribution is 2.38. The Morgan fingerprint density at radius 1 is 1.28 bits per heavy atom. The summed E-state index contributed by atoms with van der Waals surface area (Å²) in [4.78, 5) is 21.5. The normalized spacial score (nSPS) is 15.5. The molecular weight excluding hydrogens is 314 g/mol. The fraction of sp³-hybridized carbons (Fsp3) is 0.350. The number of aliphatic imine (C=N–C) groups is 1. The lowest BCUT2D eigenvalue weighted by Gasteiger charge is -2.14. The molecule has 2 heterocycles. The molecule has 2 aromatic rings. The molecule has 1 saturated carbocycles. The molecule has 1 aromatic heterocycles. The Morgan fingerprint density at radius 2 is 2.08 bits per heavy atom. The maximum Gasteiger partial charge on any atom is 0.142 e. The molecule has 0 atom stereocenters. The molecular formula is C20H21N3O2. The van der Waals surface area contributed by atoms with Crippen LogP contribution in [0.15, 0.2) is 35.3 Å². The van der Waals surface area contributed by atoms with E-state index < -0.39 is 0 Å². The number of nitrogens with one attached hydrogen (secondary N) is 1. The zero-order valence-electron chi connectivity index (χ0n) is 14.5. The SMILES string of the molecule is COc1ccccc1Nc1cc(CC(=O)C2CC2)nc2c1N=C(C)C2. The van der Waals surface area contributed by atoms with Crippen LogP contribution < -0.4 is 10.1 Å². The zero-order chi connectivity index (χ0) is 17.4. The molecule has 5 heteroatoms. The molecule has 1 N–H and O–H groups in total. The number of hydrogen-bond acceptors (Lipinski definition) is 5. The molecule has 25 heavy (non-hydrogen) atoms. The summed E-state index contributed by atoms with van der Waals surface area (Å²) in [6.45, 7) is 2.00. The molecule has 1 aliphatic heterocycles. The number of para-hydroxylation sites is 2. The first kappa shape index (κ1) is 15.8. The monoisotopic (exact) mass is 335 g/mol. The fourth-order valence-electron chi connectivity index (χ4n) is 3.18. The van der Waals surface area contributed by atoms with Gasteiger partial charge in [0.25, 0.3) is 0 Å². The average Bonchev–Trinajstić information content (AvgIpc) is 3.38. The molecule has 2 aliphatic rings. The summed E-state index contributed by atoms with van der Waals surface area (Å²) in [6.07, 6.45) is 3.19. The van der Waals surface area contributed by atoms with Gasteiger partial charge in [0, 0.05) is 24.5 Å². The minimum atomic E-state index is 0.249. The quantitative estimate of drug-likeness (QED) is 0.866. The van der Waals surface area contributed by atoms with Crippen molar-refractivity contribution in [1.29, 1.82) is 0 Å². The van der Waals surface area contributed by atoms with Gasteiger partial charge in [0.15, 0.2) is 0 Å². The zero-order valence-corrected chi connectivity index (χ0v) is 14.5. The predicted molar refractivity (Wildman–Crippen MR) is 98.4 cm³/mol. The van der Waals surface area contributed by atoms with Crippen molar-refractivity contribution in [2.75, 3.05) is 12.4 Å². The van der Waals surface area contributed by atoms with Crippen molar-refractivity contribution >= 4 is 28.6 Å².